The van der Waals surface area contributed by atoms with Crippen molar-refractivity contribution in [3.8, 4) is 0 Å². The molecule has 4 nitrogen and oxygen atoms in total. The Morgan fingerprint density at radius 2 is 1.67 bits per heavy atom. The van der Waals surface area contributed by atoms with E-state index in [2.05, 4.69) is 0 Å². The highest BCUT2D eigenvalue weighted by atomic mass is 32.2. The van der Waals surface area contributed by atoms with Crippen molar-refractivity contribution in [3.05, 3.63) is 0 Å². The van der Waals surface area contributed by atoms with Gasteiger partial charge in [0.25, 0.3) is 0 Å². The van der Waals surface area contributed by atoms with Crippen LogP contribution in [0.25, 0.3) is 0 Å². The van der Waals surface area contributed by atoms with Gasteiger partial charge in [-0.05, 0) is 18.8 Å². The second kappa shape index (κ2) is 4.96. The molecule has 0 heterocycles. The molecule has 1 N–H and O–H groups in total. The Morgan fingerprint density at radius 3 is 2.00 bits per heavy atom. The van der Waals surface area contributed by atoms with Gasteiger partial charge < -0.3 is 5.11 Å². The topological polar surface area (TPSA) is 71.4 Å². The van der Waals surface area contributed by atoms with E-state index in [0.717, 1.165) is 44.8 Å². The van der Waals surface area contributed by atoms with Gasteiger partial charge in [0.15, 0.2) is 15.1 Å². The van der Waals surface area contributed by atoms with Crippen LogP contribution in [0.15, 0.2) is 0 Å². The van der Waals surface area contributed by atoms with Crippen LogP contribution in [0, 0.1) is 5.92 Å². The van der Waals surface area contributed by atoms with Gasteiger partial charge >= 0.3 is 5.97 Å². The highest BCUT2D eigenvalue weighted by molar-refractivity contribution is 7.92. The maximum Gasteiger partial charge on any atom is 0.322 e. The molecule has 0 saturated heterocycles. The molecule has 1 saturated carbocycles. The monoisotopic (exact) mass is 234 g/mol. The van der Waals surface area contributed by atoms with Crippen LogP contribution in [0.2, 0.25) is 0 Å². The maximum absolute atomic E-state index is 11.4. The van der Waals surface area contributed by atoms with Gasteiger partial charge in [-0.2, -0.15) is 0 Å². The maximum atomic E-state index is 11.4. The van der Waals surface area contributed by atoms with E-state index in [-0.39, 0.29) is 5.92 Å². The molecule has 0 aliphatic heterocycles. The Balaban J connectivity index is 2.83. The largest absolute Gasteiger partial charge is 0.480 e. The van der Waals surface area contributed by atoms with Gasteiger partial charge in [0, 0.05) is 6.26 Å². The van der Waals surface area contributed by atoms with E-state index in [1.165, 1.54) is 0 Å². The zero-order chi connectivity index (χ0) is 11.5. The lowest BCUT2D eigenvalue weighted by Crippen LogP contribution is -2.36. The molecule has 88 valence electrons. The van der Waals surface area contributed by atoms with Crippen LogP contribution in [-0.2, 0) is 14.6 Å². The standard InChI is InChI=1S/C10H18O4S/c1-15(13,14)9(10(11)12)8-6-4-2-3-5-7-8/h8-9H,2-7H2,1H3,(H,11,12). The van der Waals surface area contributed by atoms with Crippen LogP contribution in [-0.4, -0.2) is 31.0 Å². The van der Waals surface area contributed by atoms with Crippen molar-refractivity contribution in [2.75, 3.05) is 6.26 Å². The van der Waals surface area contributed by atoms with Gasteiger partial charge in [-0.15, -0.1) is 0 Å². The van der Waals surface area contributed by atoms with E-state index >= 15 is 0 Å². The number of hydrogen-bond donors (Lipinski definition) is 1. The summed E-state index contributed by atoms with van der Waals surface area (Å²) in [6.45, 7) is 0. The fraction of sp³-hybridized carbons (Fsp3) is 0.900. The summed E-state index contributed by atoms with van der Waals surface area (Å²) in [5, 5.41) is 7.78. The SMILES string of the molecule is CS(=O)(=O)C(C(=O)O)C1CCCCCC1. The predicted octanol–water partition coefficient (Wildman–Crippen LogP) is 1.45. The lowest BCUT2D eigenvalue weighted by Gasteiger charge is -2.20. The Kier molecular flexibility index (Phi) is 4.13. The molecule has 5 heteroatoms. The van der Waals surface area contributed by atoms with Crippen LogP contribution < -0.4 is 0 Å². The minimum absolute atomic E-state index is 0.194. The van der Waals surface area contributed by atoms with Crippen molar-refractivity contribution in [3.63, 3.8) is 0 Å². The summed E-state index contributed by atoms with van der Waals surface area (Å²) in [6.07, 6.45) is 6.55. The third-order valence-corrected chi connectivity index (χ3v) is 4.54. The zero-order valence-electron chi connectivity index (χ0n) is 8.98. The third kappa shape index (κ3) is 3.48. The first-order valence-corrected chi connectivity index (χ1v) is 7.30. The van der Waals surface area contributed by atoms with Crippen molar-refractivity contribution < 1.29 is 18.3 Å². The molecule has 0 bridgehead atoms. The second-order valence-corrected chi connectivity index (χ2v) is 6.51. The summed E-state index contributed by atoms with van der Waals surface area (Å²) in [7, 11) is -3.48. The van der Waals surface area contributed by atoms with E-state index in [1.54, 1.807) is 0 Å². The van der Waals surface area contributed by atoms with Crippen LogP contribution in [0.3, 0.4) is 0 Å². The number of carboxylic acid groups (broad SMARTS) is 1. The van der Waals surface area contributed by atoms with E-state index in [1.807, 2.05) is 0 Å². The first-order chi connectivity index (χ1) is 6.93. The van der Waals surface area contributed by atoms with Crippen molar-refractivity contribution in [1.82, 2.24) is 0 Å². The second-order valence-electron chi connectivity index (χ2n) is 4.34. The fourth-order valence-electron chi connectivity index (χ4n) is 2.35. The van der Waals surface area contributed by atoms with Gasteiger partial charge in [0.1, 0.15) is 0 Å². The molecule has 15 heavy (non-hydrogen) atoms. The molecule has 0 radical (unpaired) electrons. The molecule has 0 spiro atoms. The summed E-state index contributed by atoms with van der Waals surface area (Å²) in [6, 6.07) is 0. The highest BCUT2D eigenvalue weighted by Gasteiger charge is 2.36. The van der Waals surface area contributed by atoms with Gasteiger partial charge in [-0.1, -0.05) is 25.7 Å². The van der Waals surface area contributed by atoms with Crippen molar-refractivity contribution >= 4 is 15.8 Å². The molecule has 0 aromatic heterocycles. The highest BCUT2D eigenvalue weighted by Crippen LogP contribution is 2.28. The molecule has 0 aromatic rings. The van der Waals surface area contributed by atoms with Crippen molar-refractivity contribution in [1.29, 1.82) is 0 Å². The van der Waals surface area contributed by atoms with Gasteiger partial charge in [0.05, 0.1) is 0 Å². The lowest BCUT2D eigenvalue weighted by molar-refractivity contribution is -0.137. The summed E-state index contributed by atoms with van der Waals surface area (Å²) in [5.74, 6) is -1.38. The van der Waals surface area contributed by atoms with Gasteiger partial charge in [0.2, 0.25) is 0 Å². The molecule has 0 amide bonds. The molecular weight excluding hydrogens is 216 g/mol. The van der Waals surface area contributed by atoms with Crippen LogP contribution in [0.1, 0.15) is 38.5 Å². The van der Waals surface area contributed by atoms with E-state index in [9.17, 15) is 13.2 Å². The number of rotatable bonds is 3. The van der Waals surface area contributed by atoms with Gasteiger partial charge in [-0.25, -0.2) is 8.42 Å². The minimum atomic E-state index is -3.48. The molecule has 1 fully saturated rings. The quantitative estimate of drug-likeness (QED) is 0.750. The number of sulfone groups is 1. The van der Waals surface area contributed by atoms with E-state index in [0.29, 0.717) is 0 Å². The zero-order valence-corrected chi connectivity index (χ0v) is 9.79. The minimum Gasteiger partial charge on any atom is -0.480 e. The first-order valence-electron chi connectivity index (χ1n) is 5.34. The Labute approximate surface area is 90.6 Å². The number of carboxylic acids is 1. The average Bonchev–Trinajstić information content (AvgIpc) is 2.29. The normalized spacial score (nSPS) is 21.9. The summed E-state index contributed by atoms with van der Waals surface area (Å²) in [5.41, 5.74) is 0. The molecule has 0 aromatic carbocycles. The number of aliphatic carboxylic acids is 1. The third-order valence-electron chi connectivity index (χ3n) is 3.03. The molecule has 1 aliphatic rings. The van der Waals surface area contributed by atoms with Crippen LogP contribution in [0.4, 0.5) is 0 Å². The van der Waals surface area contributed by atoms with Crippen LogP contribution >= 0.6 is 0 Å². The Bertz CT molecular complexity index is 312. The van der Waals surface area contributed by atoms with Gasteiger partial charge in [-0.3, -0.25) is 4.79 Å². The predicted molar refractivity (Wildman–Crippen MR) is 57.5 cm³/mol. The van der Waals surface area contributed by atoms with E-state index < -0.39 is 21.1 Å². The van der Waals surface area contributed by atoms with Crippen molar-refractivity contribution in [2.45, 2.75) is 43.8 Å². The molecular formula is C10H18O4S. The van der Waals surface area contributed by atoms with Crippen molar-refractivity contribution in [2.24, 2.45) is 5.92 Å². The number of carbonyl (C=O) groups is 1. The molecule has 1 rings (SSSR count). The average molecular weight is 234 g/mol. The molecule has 1 unspecified atom stereocenters. The first kappa shape index (κ1) is 12.5. The molecule has 1 atom stereocenters. The molecule has 1 aliphatic carbocycles. The fourth-order valence-corrected chi connectivity index (χ4v) is 3.69. The van der Waals surface area contributed by atoms with E-state index in [4.69, 9.17) is 5.11 Å². The number of hydrogen-bond acceptors (Lipinski definition) is 3. The Morgan fingerprint density at radius 1 is 1.20 bits per heavy atom. The summed E-state index contributed by atoms with van der Waals surface area (Å²) >= 11 is 0. The lowest BCUT2D eigenvalue weighted by atomic mass is 9.96. The summed E-state index contributed by atoms with van der Waals surface area (Å²) < 4.78 is 22.8. The Hall–Kier alpha value is -0.580. The smallest absolute Gasteiger partial charge is 0.322 e. The summed E-state index contributed by atoms with van der Waals surface area (Å²) in [4.78, 5) is 11.0. The van der Waals surface area contributed by atoms with Crippen LogP contribution in [0.5, 0.6) is 0 Å².